The van der Waals surface area contributed by atoms with Gasteiger partial charge in [-0.05, 0) is 48.3 Å². The summed E-state index contributed by atoms with van der Waals surface area (Å²) < 4.78 is 0. The van der Waals surface area contributed by atoms with Gasteiger partial charge in [0.15, 0.2) is 0 Å². The number of hydrogen-bond acceptors (Lipinski definition) is 0. The zero-order chi connectivity index (χ0) is 16.8. The quantitative estimate of drug-likeness (QED) is 0.480. The smallest absolute Gasteiger partial charge is 0.0357 e. The molecule has 24 heavy (non-hydrogen) atoms. The van der Waals surface area contributed by atoms with Crippen molar-refractivity contribution >= 4 is 0 Å². The van der Waals surface area contributed by atoms with Crippen LogP contribution in [0.15, 0.2) is 0 Å². The Hall–Kier alpha value is 0. The van der Waals surface area contributed by atoms with E-state index in [0.717, 1.165) is 35.5 Å². The van der Waals surface area contributed by atoms with Gasteiger partial charge in [0.25, 0.3) is 0 Å². The molecule has 0 bridgehead atoms. The summed E-state index contributed by atoms with van der Waals surface area (Å²) in [7, 11) is 0. The third kappa shape index (κ3) is 5.01. The summed E-state index contributed by atoms with van der Waals surface area (Å²) in [4.78, 5) is 0. The van der Waals surface area contributed by atoms with Gasteiger partial charge in [0.1, 0.15) is 0 Å². The molecular weight excluding hydrogens is 288 g/mol. The summed E-state index contributed by atoms with van der Waals surface area (Å²) in [6, 6.07) is 0. The van der Waals surface area contributed by atoms with Gasteiger partial charge in [0.05, 0.1) is 0 Å². The SMILES string of the molecule is CC1CCCC(C2CCCCC2)C(C)C(C2CCCCC2)CCC1. The summed E-state index contributed by atoms with van der Waals surface area (Å²) in [5.74, 6) is 6.26. The first-order valence-electron chi connectivity index (χ1n) is 11.8. The fourth-order valence-electron chi connectivity index (χ4n) is 6.85. The molecule has 0 heteroatoms. The van der Waals surface area contributed by atoms with Crippen molar-refractivity contribution in [2.24, 2.45) is 35.5 Å². The van der Waals surface area contributed by atoms with Crippen LogP contribution in [-0.2, 0) is 0 Å². The number of rotatable bonds is 2. The van der Waals surface area contributed by atoms with E-state index < -0.39 is 0 Å². The van der Waals surface area contributed by atoms with Crippen molar-refractivity contribution in [3.05, 3.63) is 0 Å². The van der Waals surface area contributed by atoms with Crippen LogP contribution in [0.3, 0.4) is 0 Å². The largest absolute Gasteiger partial charge is 0.0625 e. The van der Waals surface area contributed by atoms with E-state index in [0.29, 0.717) is 0 Å². The van der Waals surface area contributed by atoms with Gasteiger partial charge in [-0.15, -0.1) is 0 Å². The van der Waals surface area contributed by atoms with E-state index in [1.165, 1.54) is 64.2 Å². The minimum atomic E-state index is 0.984. The second-order valence-corrected chi connectivity index (χ2v) is 9.95. The van der Waals surface area contributed by atoms with E-state index in [1.54, 1.807) is 38.5 Å². The molecule has 0 heterocycles. The van der Waals surface area contributed by atoms with Crippen molar-refractivity contribution in [2.45, 2.75) is 117 Å². The monoisotopic (exact) mass is 332 g/mol. The average molecular weight is 333 g/mol. The Balaban J connectivity index is 1.72. The fraction of sp³-hybridized carbons (Fsp3) is 1.00. The highest BCUT2D eigenvalue weighted by Crippen LogP contribution is 2.46. The molecular formula is C24H44. The van der Waals surface area contributed by atoms with Gasteiger partial charge < -0.3 is 0 Å². The summed E-state index contributed by atoms with van der Waals surface area (Å²) >= 11 is 0. The van der Waals surface area contributed by atoms with Gasteiger partial charge in [0.2, 0.25) is 0 Å². The first kappa shape index (κ1) is 18.8. The lowest BCUT2D eigenvalue weighted by Gasteiger charge is -2.43. The summed E-state index contributed by atoms with van der Waals surface area (Å²) in [6.45, 7) is 5.22. The van der Waals surface area contributed by atoms with Crippen LogP contribution in [0.5, 0.6) is 0 Å². The predicted octanol–water partition coefficient (Wildman–Crippen LogP) is 8.01. The van der Waals surface area contributed by atoms with Crippen molar-refractivity contribution in [2.75, 3.05) is 0 Å². The van der Waals surface area contributed by atoms with E-state index in [4.69, 9.17) is 0 Å². The van der Waals surface area contributed by atoms with Crippen LogP contribution in [0.2, 0.25) is 0 Å². The molecule has 2 atom stereocenters. The molecule has 0 aliphatic heterocycles. The average Bonchev–Trinajstić information content (AvgIpc) is 2.63. The Labute approximate surface area is 152 Å². The summed E-state index contributed by atoms with van der Waals surface area (Å²) in [5, 5.41) is 0. The van der Waals surface area contributed by atoms with Gasteiger partial charge >= 0.3 is 0 Å². The van der Waals surface area contributed by atoms with E-state index in [1.807, 2.05) is 0 Å². The maximum absolute atomic E-state index is 2.70. The first-order chi connectivity index (χ1) is 11.8. The molecule has 0 amide bonds. The predicted molar refractivity (Wildman–Crippen MR) is 106 cm³/mol. The Morgan fingerprint density at radius 3 is 1.25 bits per heavy atom. The molecule has 0 N–H and O–H groups in total. The van der Waals surface area contributed by atoms with Crippen LogP contribution in [0.4, 0.5) is 0 Å². The Morgan fingerprint density at radius 2 is 0.833 bits per heavy atom. The standard InChI is InChI=1S/C24H44/c1-19-11-9-17-23(21-13-5-3-6-14-21)20(2)24(18-10-12-19)22-15-7-4-8-16-22/h19-24H,3-18H2,1-2H3. The third-order valence-electron chi connectivity index (χ3n) is 8.33. The van der Waals surface area contributed by atoms with Crippen LogP contribution in [0.25, 0.3) is 0 Å². The van der Waals surface area contributed by atoms with Gasteiger partial charge in [-0.2, -0.15) is 0 Å². The van der Waals surface area contributed by atoms with Gasteiger partial charge in [-0.1, -0.05) is 104 Å². The molecule has 140 valence electrons. The van der Waals surface area contributed by atoms with Gasteiger partial charge in [-0.25, -0.2) is 0 Å². The zero-order valence-corrected chi connectivity index (χ0v) is 16.8. The lowest BCUT2D eigenvalue weighted by Crippen LogP contribution is -2.34. The Kier molecular flexibility index (Phi) is 7.54. The lowest BCUT2D eigenvalue weighted by molar-refractivity contribution is 0.0728. The van der Waals surface area contributed by atoms with Gasteiger partial charge in [0, 0.05) is 0 Å². The fourth-order valence-corrected chi connectivity index (χ4v) is 6.85. The lowest BCUT2D eigenvalue weighted by atomic mass is 9.63. The van der Waals surface area contributed by atoms with Crippen molar-refractivity contribution in [1.82, 2.24) is 0 Å². The molecule has 0 aromatic rings. The molecule has 0 radical (unpaired) electrons. The van der Waals surface area contributed by atoms with Crippen LogP contribution in [0, 0.1) is 35.5 Å². The van der Waals surface area contributed by atoms with Crippen LogP contribution < -0.4 is 0 Å². The second kappa shape index (κ2) is 9.63. The molecule has 0 saturated heterocycles. The third-order valence-corrected chi connectivity index (χ3v) is 8.33. The summed E-state index contributed by atoms with van der Waals surface area (Å²) in [6.07, 6.45) is 24.5. The molecule has 3 fully saturated rings. The zero-order valence-electron chi connectivity index (χ0n) is 16.8. The van der Waals surface area contributed by atoms with Gasteiger partial charge in [-0.3, -0.25) is 0 Å². The van der Waals surface area contributed by atoms with Crippen molar-refractivity contribution < 1.29 is 0 Å². The Bertz CT molecular complexity index is 302. The van der Waals surface area contributed by atoms with Crippen LogP contribution in [-0.4, -0.2) is 0 Å². The topological polar surface area (TPSA) is 0 Å². The molecule has 3 aliphatic carbocycles. The maximum Gasteiger partial charge on any atom is -0.0357 e. The molecule has 0 aromatic carbocycles. The molecule has 3 saturated carbocycles. The van der Waals surface area contributed by atoms with Crippen molar-refractivity contribution in [3.8, 4) is 0 Å². The minimum absolute atomic E-state index is 0.984. The number of hydrogen-bond donors (Lipinski definition) is 0. The molecule has 0 spiro atoms. The second-order valence-electron chi connectivity index (χ2n) is 9.95. The van der Waals surface area contributed by atoms with Crippen molar-refractivity contribution in [1.29, 1.82) is 0 Å². The summed E-state index contributed by atoms with van der Waals surface area (Å²) in [5.41, 5.74) is 0. The van der Waals surface area contributed by atoms with E-state index in [9.17, 15) is 0 Å². The van der Waals surface area contributed by atoms with Crippen molar-refractivity contribution in [3.63, 3.8) is 0 Å². The normalized spacial score (nSPS) is 38.8. The van der Waals surface area contributed by atoms with Crippen LogP contribution in [0.1, 0.15) is 117 Å². The van der Waals surface area contributed by atoms with Crippen LogP contribution >= 0.6 is 0 Å². The molecule has 0 aromatic heterocycles. The first-order valence-corrected chi connectivity index (χ1v) is 11.8. The molecule has 3 aliphatic rings. The van der Waals surface area contributed by atoms with E-state index in [-0.39, 0.29) is 0 Å². The Morgan fingerprint density at radius 1 is 0.417 bits per heavy atom. The highest BCUT2D eigenvalue weighted by atomic mass is 14.4. The highest BCUT2D eigenvalue weighted by Gasteiger charge is 2.36. The molecule has 3 rings (SSSR count). The van der Waals surface area contributed by atoms with E-state index >= 15 is 0 Å². The minimum Gasteiger partial charge on any atom is -0.0625 e. The maximum atomic E-state index is 2.70. The van der Waals surface area contributed by atoms with E-state index in [2.05, 4.69) is 13.8 Å². The molecule has 0 nitrogen and oxygen atoms in total. The molecule has 2 unspecified atom stereocenters. The highest BCUT2D eigenvalue weighted by molar-refractivity contribution is 4.86.